The molecule has 0 N–H and O–H groups in total. The smallest absolute Gasteiger partial charge is 0.260 e. The van der Waals surface area contributed by atoms with E-state index in [1.54, 1.807) is 16.7 Å². The second-order valence-electron chi connectivity index (χ2n) is 7.40. The number of aryl methyl sites for hydroxylation is 2. The molecule has 1 aromatic heterocycles. The topological polar surface area (TPSA) is 63.0 Å². The second kappa shape index (κ2) is 7.62. The van der Waals surface area contributed by atoms with Gasteiger partial charge >= 0.3 is 0 Å². The van der Waals surface area contributed by atoms with Crippen molar-refractivity contribution >= 4 is 22.8 Å². The van der Waals surface area contributed by atoms with Crippen LogP contribution in [-0.4, -0.2) is 54.4 Å². The molecule has 2 heterocycles. The molecule has 1 aromatic carbocycles. The Kier molecular flexibility index (Phi) is 5.05. The van der Waals surface area contributed by atoms with Gasteiger partial charge in [-0.2, -0.15) is 0 Å². The third-order valence-corrected chi connectivity index (χ3v) is 5.58. The maximum atomic E-state index is 12.5. The first-order chi connectivity index (χ1) is 13.1. The Hall–Kier alpha value is -2.50. The Bertz CT molecular complexity index is 857. The molecule has 1 aliphatic carbocycles. The van der Waals surface area contributed by atoms with Crippen LogP contribution in [0.5, 0.6) is 5.75 Å². The monoisotopic (exact) mass is 370 g/mol. The van der Waals surface area contributed by atoms with Gasteiger partial charge in [0.1, 0.15) is 17.1 Å². The first kappa shape index (κ1) is 17.9. The summed E-state index contributed by atoms with van der Waals surface area (Å²) >= 11 is 0. The fourth-order valence-electron chi connectivity index (χ4n) is 4.05. The number of hydrogen-bond acceptors (Lipinski definition) is 4. The highest BCUT2D eigenvalue weighted by Gasteiger charge is 2.21. The number of carbonyl (C=O) groups is 2. The lowest BCUT2D eigenvalue weighted by Gasteiger charge is -2.21. The lowest BCUT2D eigenvalue weighted by atomic mass is 9.96. The van der Waals surface area contributed by atoms with Gasteiger partial charge in [0.15, 0.2) is 6.61 Å². The number of rotatable bonds is 3. The van der Waals surface area contributed by atoms with Gasteiger partial charge in [0.05, 0.1) is 0 Å². The molecule has 27 heavy (non-hydrogen) atoms. The summed E-state index contributed by atoms with van der Waals surface area (Å²) < 4.78 is 11.7. The minimum Gasteiger partial charge on any atom is -0.484 e. The van der Waals surface area contributed by atoms with Crippen LogP contribution in [0.25, 0.3) is 11.0 Å². The van der Waals surface area contributed by atoms with Crippen LogP contribution in [0, 0.1) is 0 Å². The molecule has 0 unspecified atom stereocenters. The molecule has 6 heteroatoms. The van der Waals surface area contributed by atoms with E-state index in [0.717, 1.165) is 36.0 Å². The lowest BCUT2D eigenvalue weighted by Crippen LogP contribution is -2.38. The number of furan rings is 1. The summed E-state index contributed by atoms with van der Waals surface area (Å²) in [6.45, 7) is 4.13. The zero-order valence-corrected chi connectivity index (χ0v) is 15.8. The molecule has 144 valence electrons. The van der Waals surface area contributed by atoms with Crippen LogP contribution in [0.15, 0.2) is 22.6 Å². The average Bonchev–Trinajstić information content (AvgIpc) is 2.86. The Balaban J connectivity index is 1.39. The summed E-state index contributed by atoms with van der Waals surface area (Å²) in [5, 5.41) is 1.11. The number of amides is 2. The molecule has 6 nitrogen and oxygen atoms in total. The largest absolute Gasteiger partial charge is 0.484 e. The summed E-state index contributed by atoms with van der Waals surface area (Å²) in [5.41, 5.74) is 2.20. The molecule has 0 atom stereocenters. The molecular weight excluding hydrogens is 344 g/mol. The first-order valence-electron chi connectivity index (χ1n) is 9.82. The molecule has 2 aliphatic rings. The number of hydrogen-bond donors (Lipinski definition) is 0. The standard InChI is InChI=1S/C21H26N2O4/c1-15(24)22-9-4-10-23(12-11-22)21(25)14-26-16-7-8-20-18(13-16)17-5-2-3-6-19(17)27-20/h7-8,13H,2-6,9-12,14H2,1H3. The summed E-state index contributed by atoms with van der Waals surface area (Å²) in [5.74, 6) is 1.83. The van der Waals surface area contributed by atoms with Gasteiger partial charge in [-0.3, -0.25) is 9.59 Å². The van der Waals surface area contributed by atoms with E-state index in [1.807, 2.05) is 18.2 Å². The molecule has 2 amide bonds. The quantitative estimate of drug-likeness (QED) is 0.833. The van der Waals surface area contributed by atoms with Gasteiger partial charge in [-0.1, -0.05) is 0 Å². The van der Waals surface area contributed by atoms with Gasteiger partial charge in [-0.25, -0.2) is 0 Å². The molecule has 0 radical (unpaired) electrons. The molecule has 0 saturated carbocycles. The molecule has 1 saturated heterocycles. The lowest BCUT2D eigenvalue weighted by molar-refractivity contribution is -0.134. The zero-order chi connectivity index (χ0) is 18.8. The minimum atomic E-state index is -0.0327. The van der Waals surface area contributed by atoms with E-state index in [2.05, 4.69) is 0 Å². The molecular formula is C21H26N2O4. The number of fused-ring (bicyclic) bond motifs is 3. The van der Waals surface area contributed by atoms with Crippen molar-refractivity contribution in [3.05, 3.63) is 29.5 Å². The molecule has 1 aliphatic heterocycles. The van der Waals surface area contributed by atoms with Gasteiger partial charge in [0.2, 0.25) is 5.91 Å². The van der Waals surface area contributed by atoms with Crippen LogP contribution < -0.4 is 4.74 Å². The van der Waals surface area contributed by atoms with Crippen molar-refractivity contribution in [3.63, 3.8) is 0 Å². The zero-order valence-electron chi connectivity index (χ0n) is 15.8. The van der Waals surface area contributed by atoms with E-state index in [9.17, 15) is 9.59 Å². The van der Waals surface area contributed by atoms with Gasteiger partial charge in [0.25, 0.3) is 5.91 Å². The summed E-state index contributed by atoms with van der Waals surface area (Å²) in [6, 6.07) is 5.80. The molecule has 4 rings (SSSR count). The first-order valence-corrected chi connectivity index (χ1v) is 9.82. The second-order valence-corrected chi connectivity index (χ2v) is 7.40. The van der Waals surface area contributed by atoms with Gasteiger partial charge in [-0.05, 0) is 43.9 Å². The van der Waals surface area contributed by atoms with Crippen molar-refractivity contribution in [2.45, 2.75) is 39.0 Å². The number of nitrogens with zero attached hydrogens (tertiary/aromatic N) is 2. The molecule has 1 fully saturated rings. The Morgan fingerprint density at radius 1 is 1.04 bits per heavy atom. The Morgan fingerprint density at radius 3 is 2.67 bits per heavy atom. The van der Waals surface area contributed by atoms with E-state index in [4.69, 9.17) is 9.15 Å². The Morgan fingerprint density at radius 2 is 1.81 bits per heavy atom. The van der Waals surface area contributed by atoms with Crippen LogP contribution in [0.4, 0.5) is 0 Å². The van der Waals surface area contributed by atoms with Crippen LogP contribution >= 0.6 is 0 Å². The molecule has 0 bridgehead atoms. The van der Waals surface area contributed by atoms with Crippen molar-refractivity contribution in [1.29, 1.82) is 0 Å². The van der Waals surface area contributed by atoms with Crippen LogP contribution in [0.2, 0.25) is 0 Å². The minimum absolute atomic E-state index is 0.0195. The van der Waals surface area contributed by atoms with Gasteiger partial charge in [-0.15, -0.1) is 0 Å². The van der Waals surface area contributed by atoms with Crippen molar-refractivity contribution in [3.8, 4) is 5.75 Å². The number of ether oxygens (including phenoxy) is 1. The highest BCUT2D eigenvalue weighted by molar-refractivity contribution is 5.84. The van der Waals surface area contributed by atoms with E-state index < -0.39 is 0 Å². The van der Waals surface area contributed by atoms with E-state index >= 15 is 0 Å². The molecule has 2 aromatic rings. The Labute approximate surface area is 159 Å². The van der Waals surface area contributed by atoms with Crippen molar-refractivity contribution in [2.24, 2.45) is 0 Å². The van der Waals surface area contributed by atoms with E-state index in [-0.39, 0.29) is 18.4 Å². The highest BCUT2D eigenvalue weighted by atomic mass is 16.5. The predicted molar refractivity (Wildman–Crippen MR) is 102 cm³/mol. The normalized spacial score (nSPS) is 17.5. The predicted octanol–water partition coefficient (Wildman–Crippen LogP) is 2.77. The van der Waals surface area contributed by atoms with Crippen molar-refractivity contribution < 1.29 is 18.7 Å². The van der Waals surface area contributed by atoms with Crippen molar-refractivity contribution in [2.75, 3.05) is 32.8 Å². The van der Waals surface area contributed by atoms with Crippen LogP contribution in [0.1, 0.15) is 37.5 Å². The third kappa shape index (κ3) is 3.80. The van der Waals surface area contributed by atoms with E-state index in [1.165, 1.54) is 18.4 Å². The van der Waals surface area contributed by atoms with Crippen molar-refractivity contribution in [1.82, 2.24) is 9.80 Å². The maximum Gasteiger partial charge on any atom is 0.260 e. The fourth-order valence-corrected chi connectivity index (χ4v) is 4.05. The van der Waals surface area contributed by atoms with Crippen LogP contribution in [-0.2, 0) is 22.4 Å². The number of benzene rings is 1. The van der Waals surface area contributed by atoms with Gasteiger partial charge < -0.3 is 19.0 Å². The van der Waals surface area contributed by atoms with E-state index in [0.29, 0.717) is 31.9 Å². The third-order valence-electron chi connectivity index (χ3n) is 5.58. The maximum absolute atomic E-state index is 12.5. The number of carbonyl (C=O) groups excluding carboxylic acids is 2. The molecule has 0 spiro atoms. The van der Waals surface area contributed by atoms with Gasteiger partial charge in [0, 0.05) is 50.5 Å². The summed E-state index contributed by atoms with van der Waals surface area (Å²) in [7, 11) is 0. The van der Waals surface area contributed by atoms with Crippen LogP contribution in [0.3, 0.4) is 0 Å². The highest BCUT2D eigenvalue weighted by Crippen LogP contribution is 2.33. The fraction of sp³-hybridized carbons (Fsp3) is 0.524. The summed E-state index contributed by atoms with van der Waals surface area (Å²) in [4.78, 5) is 27.6. The average molecular weight is 370 g/mol. The SMILES string of the molecule is CC(=O)N1CCCN(C(=O)COc2ccc3oc4c(c3c2)CCCC4)CC1. The summed E-state index contributed by atoms with van der Waals surface area (Å²) in [6.07, 6.45) is 5.23.